The van der Waals surface area contributed by atoms with E-state index in [0.29, 0.717) is 25.3 Å². The molecule has 7 heteroatoms. The Morgan fingerprint density at radius 1 is 1.30 bits per heavy atom. The maximum atomic E-state index is 13.2. The molecule has 0 saturated carbocycles. The van der Waals surface area contributed by atoms with E-state index in [1.54, 1.807) is 41.2 Å². The second-order valence-corrected chi connectivity index (χ2v) is 7.35. The number of imidazole rings is 1. The zero-order valence-corrected chi connectivity index (χ0v) is 15.9. The van der Waals surface area contributed by atoms with Gasteiger partial charge >= 0.3 is 0 Å². The van der Waals surface area contributed by atoms with Gasteiger partial charge in [-0.15, -0.1) is 0 Å². The van der Waals surface area contributed by atoms with Crippen molar-refractivity contribution in [1.29, 1.82) is 0 Å². The average Bonchev–Trinajstić information content (AvgIpc) is 2.99. The van der Waals surface area contributed by atoms with Crippen LogP contribution in [0, 0.1) is 11.7 Å². The third-order valence-corrected chi connectivity index (χ3v) is 5.08. The first-order valence-corrected chi connectivity index (χ1v) is 9.16. The summed E-state index contributed by atoms with van der Waals surface area (Å²) in [6, 6.07) is 6.09. The number of aromatic nitrogens is 2. The van der Waals surface area contributed by atoms with Crippen LogP contribution in [0.1, 0.15) is 36.3 Å². The van der Waals surface area contributed by atoms with E-state index < -0.39 is 0 Å². The van der Waals surface area contributed by atoms with Crippen molar-refractivity contribution in [2.45, 2.75) is 32.9 Å². The molecular formula is C20H25FN4O2. The molecule has 0 aliphatic carbocycles. The van der Waals surface area contributed by atoms with E-state index in [-0.39, 0.29) is 36.0 Å². The van der Waals surface area contributed by atoms with E-state index in [0.717, 1.165) is 5.56 Å². The van der Waals surface area contributed by atoms with Gasteiger partial charge in [0.15, 0.2) is 0 Å². The molecule has 1 saturated heterocycles. The number of benzene rings is 1. The highest BCUT2D eigenvalue weighted by Gasteiger charge is 2.34. The molecule has 1 aromatic carbocycles. The first-order chi connectivity index (χ1) is 12.9. The van der Waals surface area contributed by atoms with Crippen LogP contribution >= 0.6 is 0 Å². The molecule has 2 aromatic rings. The van der Waals surface area contributed by atoms with Crippen LogP contribution < -0.4 is 0 Å². The van der Waals surface area contributed by atoms with Crippen molar-refractivity contribution in [3.8, 4) is 0 Å². The molecule has 144 valence electrons. The molecule has 3 rings (SSSR count). The average molecular weight is 372 g/mol. The lowest BCUT2D eigenvalue weighted by Crippen LogP contribution is -2.47. The lowest BCUT2D eigenvalue weighted by molar-refractivity contribution is -0.134. The monoisotopic (exact) mass is 372 g/mol. The predicted octanol–water partition coefficient (Wildman–Crippen LogP) is 2.46. The number of carbonyl (C=O) groups excluding carboxylic acids is 2. The normalized spacial score (nSPS) is 18.1. The molecule has 27 heavy (non-hydrogen) atoms. The van der Waals surface area contributed by atoms with E-state index in [1.807, 2.05) is 18.7 Å². The van der Waals surface area contributed by atoms with Crippen LogP contribution in [0.5, 0.6) is 0 Å². The van der Waals surface area contributed by atoms with Crippen molar-refractivity contribution in [2.24, 2.45) is 13.0 Å². The van der Waals surface area contributed by atoms with Gasteiger partial charge in [0.05, 0.1) is 18.6 Å². The number of nitrogens with zero attached hydrogens (tertiary/aromatic N) is 4. The van der Waals surface area contributed by atoms with Crippen LogP contribution in [0.25, 0.3) is 0 Å². The van der Waals surface area contributed by atoms with Gasteiger partial charge in [-0.2, -0.15) is 0 Å². The molecule has 0 unspecified atom stereocenters. The van der Waals surface area contributed by atoms with Crippen molar-refractivity contribution in [3.63, 3.8) is 0 Å². The quantitative estimate of drug-likeness (QED) is 0.828. The fourth-order valence-electron chi connectivity index (χ4n) is 3.45. The standard InChI is InChI=1S/C20H25FN4O2/c1-14(2)18-12-24(20(27)17-10-22-13-23(17)3)9-8-19(26)25(18)11-15-4-6-16(21)7-5-15/h4-7,10,13-14,18H,8-9,11-12H2,1-3H3/t18-/m0/s1. The minimum atomic E-state index is -0.297. The SMILES string of the molecule is CC(C)[C@@H]1CN(C(=O)c2cncn2C)CCC(=O)N1Cc1ccc(F)cc1. The lowest BCUT2D eigenvalue weighted by Gasteiger charge is -2.34. The van der Waals surface area contributed by atoms with Gasteiger partial charge in [-0.25, -0.2) is 9.37 Å². The van der Waals surface area contributed by atoms with E-state index in [2.05, 4.69) is 4.98 Å². The molecule has 1 atom stereocenters. The lowest BCUT2D eigenvalue weighted by atomic mass is 10.0. The van der Waals surface area contributed by atoms with Gasteiger partial charge in [-0.3, -0.25) is 9.59 Å². The third kappa shape index (κ3) is 4.18. The van der Waals surface area contributed by atoms with E-state index in [9.17, 15) is 14.0 Å². The molecule has 2 amide bonds. The Hall–Kier alpha value is -2.70. The summed E-state index contributed by atoms with van der Waals surface area (Å²) in [7, 11) is 1.78. The minimum absolute atomic E-state index is 0.0123. The zero-order chi connectivity index (χ0) is 19.6. The largest absolute Gasteiger partial charge is 0.335 e. The Kier molecular flexibility index (Phi) is 5.58. The molecule has 1 aliphatic heterocycles. The van der Waals surface area contributed by atoms with Gasteiger partial charge in [0.2, 0.25) is 5.91 Å². The number of carbonyl (C=O) groups is 2. The Balaban J connectivity index is 1.83. The number of halogens is 1. The summed E-state index contributed by atoms with van der Waals surface area (Å²) in [6.07, 6.45) is 3.42. The van der Waals surface area contributed by atoms with Crippen molar-refractivity contribution in [3.05, 3.63) is 53.9 Å². The molecule has 0 radical (unpaired) electrons. The number of amides is 2. The number of rotatable bonds is 4. The molecule has 0 bridgehead atoms. The van der Waals surface area contributed by atoms with Crippen LogP contribution in [0.2, 0.25) is 0 Å². The molecule has 2 heterocycles. The smallest absolute Gasteiger partial charge is 0.272 e. The van der Waals surface area contributed by atoms with Crippen molar-refractivity contribution >= 4 is 11.8 Å². The van der Waals surface area contributed by atoms with Crippen LogP contribution in [0.4, 0.5) is 4.39 Å². The molecule has 1 fully saturated rings. The maximum Gasteiger partial charge on any atom is 0.272 e. The summed E-state index contributed by atoms with van der Waals surface area (Å²) in [5.74, 6) is -0.223. The molecule has 1 aliphatic rings. The number of aryl methyl sites for hydroxylation is 1. The zero-order valence-electron chi connectivity index (χ0n) is 15.9. The van der Waals surface area contributed by atoms with Gasteiger partial charge in [0.1, 0.15) is 11.5 Å². The number of hydrogen-bond acceptors (Lipinski definition) is 3. The minimum Gasteiger partial charge on any atom is -0.335 e. The van der Waals surface area contributed by atoms with Gasteiger partial charge in [0.25, 0.3) is 5.91 Å². The third-order valence-electron chi connectivity index (χ3n) is 5.08. The fourth-order valence-corrected chi connectivity index (χ4v) is 3.45. The number of hydrogen-bond donors (Lipinski definition) is 0. The molecule has 0 spiro atoms. The van der Waals surface area contributed by atoms with E-state index >= 15 is 0 Å². The van der Waals surface area contributed by atoms with Crippen LogP contribution in [-0.4, -0.2) is 50.3 Å². The van der Waals surface area contributed by atoms with E-state index in [4.69, 9.17) is 0 Å². The van der Waals surface area contributed by atoms with Gasteiger partial charge < -0.3 is 14.4 Å². The fraction of sp³-hybridized carbons (Fsp3) is 0.450. The summed E-state index contributed by atoms with van der Waals surface area (Å²) >= 11 is 0. The Morgan fingerprint density at radius 3 is 2.59 bits per heavy atom. The molecule has 1 aromatic heterocycles. The highest BCUT2D eigenvalue weighted by atomic mass is 19.1. The summed E-state index contributed by atoms with van der Waals surface area (Å²) in [6.45, 7) is 5.36. The highest BCUT2D eigenvalue weighted by molar-refractivity contribution is 5.93. The summed E-state index contributed by atoms with van der Waals surface area (Å²) in [5.41, 5.74) is 1.39. The highest BCUT2D eigenvalue weighted by Crippen LogP contribution is 2.22. The van der Waals surface area contributed by atoms with Gasteiger partial charge in [-0.05, 0) is 23.6 Å². The van der Waals surface area contributed by atoms with Crippen LogP contribution in [0.15, 0.2) is 36.8 Å². The summed E-state index contributed by atoms with van der Waals surface area (Å²) < 4.78 is 14.9. The van der Waals surface area contributed by atoms with Crippen molar-refractivity contribution in [2.75, 3.05) is 13.1 Å². The van der Waals surface area contributed by atoms with Crippen LogP contribution in [-0.2, 0) is 18.4 Å². The Labute approximate surface area is 158 Å². The Bertz CT molecular complexity index is 816. The topological polar surface area (TPSA) is 58.4 Å². The predicted molar refractivity (Wildman–Crippen MR) is 99.3 cm³/mol. The first kappa shape index (κ1) is 19.1. The second-order valence-electron chi connectivity index (χ2n) is 7.35. The molecule has 0 N–H and O–H groups in total. The van der Waals surface area contributed by atoms with E-state index in [1.165, 1.54) is 12.1 Å². The summed E-state index contributed by atoms with van der Waals surface area (Å²) in [5, 5.41) is 0. The van der Waals surface area contributed by atoms with Crippen molar-refractivity contribution < 1.29 is 14.0 Å². The molecular weight excluding hydrogens is 347 g/mol. The molecule has 6 nitrogen and oxygen atoms in total. The summed E-state index contributed by atoms with van der Waals surface area (Å²) in [4.78, 5) is 33.3. The van der Waals surface area contributed by atoms with Crippen LogP contribution in [0.3, 0.4) is 0 Å². The van der Waals surface area contributed by atoms with Gasteiger partial charge in [-0.1, -0.05) is 26.0 Å². The second kappa shape index (κ2) is 7.90. The first-order valence-electron chi connectivity index (χ1n) is 9.16. The van der Waals surface area contributed by atoms with Gasteiger partial charge in [0, 0.05) is 33.1 Å². The van der Waals surface area contributed by atoms with Crippen molar-refractivity contribution in [1.82, 2.24) is 19.4 Å². The Morgan fingerprint density at radius 2 is 2.00 bits per heavy atom. The maximum absolute atomic E-state index is 13.2.